The maximum atomic E-state index is 12.8. The summed E-state index contributed by atoms with van der Waals surface area (Å²) in [6.07, 6.45) is 0. The Morgan fingerprint density at radius 1 is 1.23 bits per heavy atom. The maximum Gasteiger partial charge on any atom is 0.328 e. The molecule has 0 spiro atoms. The number of fused-ring (bicyclic) bond motifs is 1. The van der Waals surface area contributed by atoms with Gasteiger partial charge in [-0.25, -0.2) is 4.79 Å². The molecule has 0 aliphatic carbocycles. The van der Waals surface area contributed by atoms with Crippen LogP contribution >= 0.6 is 22.9 Å². The molecule has 0 bridgehead atoms. The molecule has 4 amide bonds. The fraction of sp³-hybridized carbons (Fsp3) is 0.381. The lowest BCUT2D eigenvalue weighted by molar-refractivity contribution is -0.133. The van der Waals surface area contributed by atoms with Crippen LogP contribution in [0.4, 0.5) is 4.79 Å². The molecule has 1 atom stereocenters. The van der Waals surface area contributed by atoms with Crippen LogP contribution in [0.15, 0.2) is 36.4 Å². The van der Waals surface area contributed by atoms with E-state index in [-0.39, 0.29) is 24.4 Å². The van der Waals surface area contributed by atoms with Gasteiger partial charge in [0.05, 0.1) is 4.34 Å². The van der Waals surface area contributed by atoms with Crippen molar-refractivity contribution in [3.8, 4) is 0 Å². The van der Waals surface area contributed by atoms with Gasteiger partial charge in [0.15, 0.2) is 0 Å². The fourth-order valence-corrected chi connectivity index (χ4v) is 5.01. The first-order valence-electron chi connectivity index (χ1n) is 9.81. The predicted octanol–water partition coefficient (Wildman–Crippen LogP) is 2.47. The minimum atomic E-state index is -0.536. The lowest BCUT2D eigenvalue weighted by atomic mass is 10.1. The first kappa shape index (κ1) is 20.8. The third kappa shape index (κ3) is 4.50. The molecule has 1 aromatic heterocycles. The smallest absolute Gasteiger partial charge is 0.328 e. The molecule has 158 valence electrons. The van der Waals surface area contributed by atoms with Gasteiger partial charge in [0.2, 0.25) is 5.91 Å². The Hall–Kier alpha value is -2.42. The summed E-state index contributed by atoms with van der Waals surface area (Å²) < 4.78 is 0.735. The first-order chi connectivity index (χ1) is 14.4. The monoisotopic (exact) mass is 446 g/mol. The van der Waals surface area contributed by atoms with Crippen molar-refractivity contribution in [2.24, 2.45) is 0 Å². The van der Waals surface area contributed by atoms with E-state index >= 15 is 0 Å². The number of imide groups is 1. The Labute approximate surface area is 184 Å². The van der Waals surface area contributed by atoms with Crippen molar-refractivity contribution in [2.75, 3.05) is 26.2 Å². The van der Waals surface area contributed by atoms with Crippen molar-refractivity contribution in [1.29, 1.82) is 0 Å². The van der Waals surface area contributed by atoms with Crippen LogP contribution in [-0.4, -0.2) is 64.8 Å². The van der Waals surface area contributed by atoms with Gasteiger partial charge in [0.1, 0.15) is 12.6 Å². The molecular weight excluding hydrogens is 424 g/mol. The highest BCUT2D eigenvalue weighted by Gasteiger charge is 2.48. The normalized spacial score (nSPS) is 19.3. The van der Waals surface area contributed by atoms with E-state index in [4.69, 9.17) is 11.6 Å². The average molecular weight is 447 g/mol. The molecule has 0 radical (unpaired) electrons. The van der Waals surface area contributed by atoms with Crippen LogP contribution in [0.25, 0.3) is 0 Å². The maximum absolute atomic E-state index is 12.8. The molecule has 4 rings (SSSR count). The highest BCUT2D eigenvalue weighted by molar-refractivity contribution is 7.16. The zero-order valence-electron chi connectivity index (χ0n) is 16.6. The van der Waals surface area contributed by atoms with Gasteiger partial charge in [-0.3, -0.25) is 19.4 Å². The number of aryl methyl sites for hydroxylation is 1. The summed E-state index contributed by atoms with van der Waals surface area (Å²) in [7, 11) is 0. The molecule has 7 nitrogen and oxygen atoms in total. The van der Waals surface area contributed by atoms with Crippen molar-refractivity contribution < 1.29 is 14.4 Å². The number of amides is 4. The molecule has 2 aromatic rings. The number of halogens is 1. The quantitative estimate of drug-likeness (QED) is 0.692. The van der Waals surface area contributed by atoms with Crippen molar-refractivity contribution in [2.45, 2.75) is 26.1 Å². The Kier molecular flexibility index (Phi) is 6.08. The number of carbonyl (C=O) groups is 3. The molecule has 2 aliphatic rings. The molecule has 1 aromatic carbocycles. The van der Waals surface area contributed by atoms with Gasteiger partial charge in [0, 0.05) is 37.6 Å². The van der Waals surface area contributed by atoms with Crippen LogP contribution < -0.4 is 5.32 Å². The SMILES string of the molecule is Cc1cccc(CNC(=O)CN2C(=O)C3CN(Cc4ccc(Cl)s4)CCN3C2=O)c1. The van der Waals surface area contributed by atoms with Crippen molar-refractivity contribution in [3.63, 3.8) is 0 Å². The second-order valence-electron chi connectivity index (χ2n) is 7.62. The van der Waals surface area contributed by atoms with Gasteiger partial charge >= 0.3 is 6.03 Å². The Morgan fingerprint density at radius 2 is 2.07 bits per heavy atom. The lowest BCUT2D eigenvalue weighted by Gasteiger charge is -2.35. The van der Waals surface area contributed by atoms with Crippen molar-refractivity contribution in [1.82, 2.24) is 20.0 Å². The summed E-state index contributed by atoms with van der Waals surface area (Å²) in [6.45, 7) is 4.40. The largest absolute Gasteiger partial charge is 0.350 e. The molecule has 0 saturated carbocycles. The van der Waals surface area contributed by atoms with E-state index in [2.05, 4.69) is 10.2 Å². The van der Waals surface area contributed by atoms with E-state index in [9.17, 15) is 14.4 Å². The molecule has 9 heteroatoms. The van der Waals surface area contributed by atoms with E-state index in [0.29, 0.717) is 32.7 Å². The summed E-state index contributed by atoms with van der Waals surface area (Å²) in [5, 5.41) is 2.79. The van der Waals surface area contributed by atoms with Gasteiger partial charge in [-0.2, -0.15) is 0 Å². The minimum absolute atomic E-state index is 0.253. The number of nitrogens with zero attached hydrogens (tertiary/aromatic N) is 3. The number of piperazine rings is 1. The predicted molar refractivity (Wildman–Crippen MR) is 115 cm³/mol. The van der Waals surface area contributed by atoms with Gasteiger partial charge in [0.25, 0.3) is 5.91 Å². The molecule has 3 heterocycles. The summed E-state index contributed by atoms with van der Waals surface area (Å²) in [5.74, 6) is -0.650. The second-order valence-corrected chi connectivity index (χ2v) is 9.42. The molecule has 1 unspecified atom stereocenters. The Balaban J connectivity index is 1.33. The van der Waals surface area contributed by atoms with Crippen LogP contribution in [0.5, 0.6) is 0 Å². The molecule has 2 saturated heterocycles. The fourth-order valence-electron chi connectivity index (χ4n) is 3.88. The van der Waals surface area contributed by atoms with Crippen molar-refractivity contribution >= 4 is 40.8 Å². The van der Waals surface area contributed by atoms with E-state index in [1.54, 1.807) is 4.90 Å². The number of urea groups is 1. The number of benzene rings is 1. The first-order valence-corrected chi connectivity index (χ1v) is 11.0. The molecule has 30 heavy (non-hydrogen) atoms. The number of carbonyl (C=O) groups excluding carboxylic acids is 3. The zero-order valence-corrected chi connectivity index (χ0v) is 18.2. The number of nitrogens with one attached hydrogen (secondary N) is 1. The van der Waals surface area contributed by atoms with E-state index < -0.39 is 6.04 Å². The van der Waals surface area contributed by atoms with Gasteiger partial charge in [-0.15, -0.1) is 11.3 Å². The average Bonchev–Trinajstić information content (AvgIpc) is 3.23. The summed E-state index contributed by atoms with van der Waals surface area (Å²) >= 11 is 7.51. The molecular formula is C21H23ClN4O3S. The summed E-state index contributed by atoms with van der Waals surface area (Å²) in [4.78, 5) is 43.8. The van der Waals surface area contributed by atoms with E-state index in [1.807, 2.05) is 43.3 Å². The Bertz CT molecular complexity index is 979. The molecule has 1 N–H and O–H groups in total. The van der Waals surface area contributed by atoms with Crippen LogP contribution in [-0.2, 0) is 22.7 Å². The third-order valence-corrected chi connectivity index (χ3v) is 6.59. The van der Waals surface area contributed by atoms with Crippen molar-refractivity contribution in [3.05, 3.63) is 56.7 Å². The topological polar surface area (TPSA) is 73.0 Å². The van der Waals surface area contributed by atoms with Gasteiger partial charge in [-0.05, 0) is 24.6 Å². The van der Waals surface area contributed by atoms with Gasteiger partial charge < -0.3 is 10.2 Å². The van der Waals surface area contributed by atoms with E-state index in [0.717, 1.165) is 25.2 Å². The molecule has 2 aliphatic heterocycles. The summed E-state index contributed by atoms with van der Waals surface area (Å²) in [6, 6.07) is 10.8. The van der Waals surface area contributed by atoms with Crippen LogP contribution in [0, 0.1) is 6.92 Å². The number of rotatable bonds is 6. The van der Waals surface area contributed by atoms with Crippen LogP contribution in [0.3, 0.4) is 0 Å². The van der Waals surface area contributed by atoms with Crippen LogP contribution in [0.1, 0.15) is 16.0 Å². The van der Waals surface area contributed by atoms with Gasteiger partial charge in [-0.1, -0.05) is 41.4 Å². The third-order valence-electron chi connectivity index (χ3n) is 5.37. The second kappa shape index (κ2) is 8.75. The standard InChI is InChI=1S/C21H23ClN4O3S/c1-14-3-2-4-15(9-14)10-23-19(27)13-26-20(28)17-12-24(7-8-25(17)21(26)29)11-16-5-6-18(22)30-16/h2-6,9,17H,7-8,10-13H2,1H3,(H,23,27). The zero-order chi connectivity index (χ0) is 21.3. The van der Waals surface area contributed by atoms with E-state index in [1.165, 1.54) is 11.3 Å². The molecule has 2 fully saturated rings. The highest BCUT2D eigenvalue weighted by Crippen LogP contribution is 2.26. The number of hydrogen-bond donors (Lipinski definition) is 1. The minimum Gasteiger partial charge on any atom is -0.350 e. The number of thiophene rings is 1. The van der Waals surface area contributed by atoms with Crippen LogP contribution in [0.2, 0.25) is 4.34 Å². The Morgan fingerprint density at radius 3 is 2.80 bits per heavy atom. The highest BCUT2D eigenvalue weighted by atomic mass is 35.5. The summed E-state index contributed by atoms with van der Waals surface area (Å²) in [5.41, 5.74) is 2.09. The lowest BCUT2D eigenvalue weighted by Crippen LogP contribution is -2.52. The number of hydrogen-bond acceptors (Lipinski definition) is 5.